The first-order valence-electron chi connectivity index (χ1n) is 7.05. The molecule has 1 unspecified atom stereocenters. The van der Waals surface area contributed by atoms with E-state index in [1.807, 2.05) is 11.4 Å². The SMILES string of the molecule is CC1CN(C)CCCN1Cc1nc(N)c2ccsc2n1. The van der Waals surface area contributed by atoms with Gasteiger partial charge in [-0.3, -0.25) is 4.90 Å². The normalized spacial score (nSPS) is 22.2. The van der Waals surface area contributed by atoms with E-state index in [-0.39, 0.29) is 0 Å². The molecule has 5 nitrogen and oxygen atoms in total. The number of aromatic nitrogens is 2. The van der Waals surface area contributed by atoms with Gasteiger partial charge in [-0.15, -0.1) is 11.3 Å². The number of fused-ring (bicyclic) bond motifs is 1. The summed E-state index contributed by atoms with van der Waals surface area (Å²) in [6.45, 7) is 6.41. The molecule has 2 aromatic rings. The summed E-state index contributed by atoms with van der Waals surface area (Å²) in [6.07, 6.45) is 1.19. The molecule has 0 spiro atoms. The average molecular weight is 291 g/mol. The van der Waals surface area contributed by atoms with Crippen LogP contribution in [0.4, 0.5) is 5.82 Å². The monoisotopic (exact) mass is 291 g/mol. The lowest BCUT2D eigenvalue weighted by molar-refractivity contribution is 0.190. The Bertz CT molecular complexity index is 596. The number of nitrogen functional groups attached to an aromatic ring is 1. The first-order valence-corrected chi connectivity index (χ1v) is 7.93. The maximum absolute atomic E-state index is 6.02. The lowest BCUT2D eigenvalue weighted by atomic mass is 10.2. The van der Waals surface area contributed by atoms with E-state index in [1.165, 1.54) is 6.42 Å². The smallest absolute Gasteiger partial charge is 0.146 e. The molecular weight excluding hydrogens is 270 g/mol. The molecule has 108 valence electrons. The Hall–Kier alpha value is -1.24. The van der Waals surface area contributed by atoms with Gasteiger partial charge in [0.25, 0.3) is 0 Å². The van der Waals surface area contributed by atoms with Crippen LogP contribution in [0.25, 0.3) is 10.2 Å². The van der Waals surface area contributed by atoms with Crippen molar-refractivity contribution in [3.63, 3.8) is 0 Å². The summed E-state index contributed by atoms with van der Waals surface area (Å²) in [4.78, 5) is 15.0. The van der Waals surface area contributed by atoms with Crippen molar-refractivity contribution in [3.05, 3.63) is 17.3 Å². The molecule has 1 aliphatic rings. The molecule has 0 radical (unpaired) electrons. The Morgan fingerprint density at radius 3 is 3.10 bits per heavy atom. The first kappa shape index (κ1) is 13.7. The van der Waals surface area contributed by atoms with Gasteiger partial charge < -0.3 is 10.6 Å². The Morgan fingerprint density at radius 1 is 1.40 bits per heavy atom. The number of rotatable bonds is 2. The molecule has 3 heterocycles. The third-order valence-electron chi connectivity index (χ3n) is 3.93. The Labute approximate surface area is 123 Å². The lowest BCUT2D eigenvalue weighted by Gasteiger charge is -2.27. The van der Waals surface area contributed by atoms with Gasteiger partial charge in [-0.05, 0) is 38.4 Å². The molecule has 0 amide bonds. The van der Waals surface area contributed by atoms with Crippen molar-refractivity contribution < 1.29 is 0 Å². The van der Waals surface area contributed by atoms with E-state index >= 15 is 0 Å². The number of likely N-dealkylation sites (N-methyl/N-ethyl adjacent to an activating group) is 1. The summed E-state index contributed by atoms with van der Waals surface area (Å²) in [5.41, 5.74) is 6.02. The minimum atomic E-state index is 0.520. The summed E-state index contributed by atoms with van der Waals surface area (Å²) >= 11 is 1.63. The van der Waals surface area contributed by atoms with Crippen molar-refractivity contribution in [1.29, 1.82) is 0 Å². The highest BCUT2D eigenvalue weighted by molar-refractivity contribution is 7.16. The van der Waals surface area contributed by atoms with Crippen molar-refractivity contribution in [2.45, 2.75) is 25.9 Å². The Kier molecular flexibility index (Phi) is 3.87. The molecule has 1 saturated heterocycles. The summed E-state index contributed by atoms with van der Waals surface area (Å²) in [5, 5.41) is 2.99. The van der Waals surface area contributed by atoms with E-state index in [9.17, 15) is 0 Å². The summed E-state index contributed by atoms with van der Waals surface area (Å²) in [7, 11) is 2.19. The van der Waals surface area contributed by atoms with Gasteiger partial charge in [-0.1, -0.05) is 0 Å². The number of hydrogen-bond acceptors (Lipinski definition) is 6. The summed E-state index contributed by atoms with van der Waals surface area (Å²) in [5.74, 6) is 1.44. The third kappa shape index (κ3) is 2.77. The number of hydrogen-bond donors (Lipinski definition) is 1. The fourth-order valence-electron chi connectivity index (χ4n) is 2.83. The first-order chi connectivity index (χ1) is 9.63. The number of anilines is 1. The van der Waals surface area contributed by atoms with Gasteiger partial charge in [-0.25, -0.2) is 9.97 Å². The molecule has 0 aliphatic carbocycles. The fourth-order valence-corrected chi connectivity index (χ4v) is 3.62. The van der Waals surface area contributed by atoms with E-state index in [0.29, 0.717) is 11.9 Å². The largest absolute Gasteiger partial charge is 0.383 e. The second-order valence-corrected chi connectivity index (χ2v) is 6.49. The van der Waals surface area contributed by atoms with Crippen LogP contribution in [0, 0.1) is 0 Å². The van der Waals surface area contributed by atoms with Crippen LogP contribution in [0.3, 0.4) is 0 Å². The van der Waals surface area contributed by atoms with E-state index < -0.39 is 0 Å². The molecule has 6 heteroatoms. The standard InChI is InChI=1S/C14H21N5S/c1-10-8-18(2)5-3-6-19(10)9-12-16-13(15)11-4-7-20-14(11)17-12/h4,7,10H,3,5-6,8-9H2,1-2H3,(H2,15,16,17). The second kappa shape index (κ2) is 5.63. The highest BCUT2D eigenvalue weighted by Gasteiger charge is 2.21. The molecule has 2 aromatic heterocycles. The predicted octanol–water partition coefficient (Wildman–Crippen LogP) is 1.80. The van der Waals surface area contributed by atoms with Gasteiger partial charge in [0.2, 0.25) is 0 Å². The van der Waals surface area contributed by atoms with Crippen LogP contribution < -0.4 is 5.73 Å². The van der Waals surface area contributed by atoms with E-state index in [1.54, 1.807) is 11.3 Å². The maximum Gasteiger partial charge on any atom is 0.146 e. The molecule has 1 fully saturated rings. The summed E-state index contributed by atoms with van der Waals surface area (Å²) in [6, 6.07) is 2.51. The number of thiophene rings is 1. The van der Waals surface area contributed by atoms with E-state index in [4.69, 9.17) is 5.73 Å². The molecule has 0 saturated carbocycles. The molecule has 0 aromatic carbocycles. The average Bonchev–Trinajstić information content (AvgIpc) is 2.80. The highest BCUT2D eigenvalue weighted by Crippen LogP contribution is 2.23. The Morgan fingerprint density at radius 2 is 2.25 bits per heavy atom. The zero-order chi connectivity index (χ0) is 14.1. The van der Waals surface area contributed by atoms with E-state index in [0.717, 1.165) is 42.2 Å². The minimum Gasteiger partial charge on any atom is -0.383 e. The Balaban J connectivity index is 1.81. The van der Waals surface area contributed by atoms with Gasteiger partial charge in [0.15, 0.2) is 0 Å². The van der Waals surface area contributed by atoms with Crippen LogP contribution in [0.2, 0.25) is 0 Å². The van der Waals surface area contributed by atoms with Crippen molar-refractivity contribution in [3.8, 4) is 0 Å². The van der Waals surface area contributed by atoms with Crippen LogP contribution >= 0.6 is 11.3 Å². The van der Waals surface area contributed by atoms with Crippen LogP contribution in [-0.4, -0.2) is 52.5 Å². The number of nitrogens with two attached hydrogens (primary N) is 1. The van der Waals surface area contributed by atoms with Crippen LogP contribution in [-0.2, 0) is 6.54 Å². The van der Waals surface area contributed by atoms with Crippen molar-refractivity contribution in [1.82, 2.24) is 19.8 Å². The molecule has 20 heavy (non-hydrogen) atoms. The van der Waals surface area contributed by atoms with Gasteiger partial charge >= 0.3 is 0 Å². The topological polar surface area (TPSA) is 58.3 Å². The fraction of sp³-hybridized carbons (Fsp3) is 0.571. The highest BCUT2D eigenvalue weighted by atomic mass is 32.1. The van der Waals surface area contributed by atoms with Crippen molar-refractivity contribution >= 4 is 27.4 Å². The van der Waals surface area contributed by atoms with E-state index in [2.05, 4.69) is 33.7 Å². The zero-order valence-corrected chi connectivity index (χ0v) is 12.9. The maximum atomic E-state index is 6.02. The van der Waals surface area contributed by atoms with Crippen molar-refractivity contribution in [2.24, 2.45) is 0 Å². The van der Waals surface area contributed by atoms with Crippen LogP contribution in [0.5, 0.6) is 0 Å². The van der Waals surface area contributed by atoms with Gasteiger partial charge in [-0.2, -0.15) is 0 Å². The number of nitrogens with zero attached hydrogens (tertiary/aromatic N) is 4. The van der Waals surface area contributed by atoms with Crippen molar-refractivity contribution in [2.75, 3.05) is 32.4 Å². The summed E-state index contributed by atoms with van der Waals surface area (Å²) < 4.78 is 0. The minimum absolute atomic E-state index is 0.520. The van der Waals surface area contributed by atoms with Crippen LogP contribution in [0.15, 0.2) is 11.4 Å². The zero-order valence-electron chi connectivity index (χ0n) is 12.0. The van der Waals surface area contributed by atoms with Gasteiger partial charge in [0.05, 0.1) is 11.9 Å². The molecule has 3 rings (SSSR count). The second-order valence-electron chi connectivity index (χ2n) is 5.60. The third-order valence-corrected chi connectivity index (χ3v) is 4.74. The van der Waals surface area contributed by atoms with Gasteiger partial charge in [0.1, 0.15) is 16.5 Å². The predicted molar refractivity (Wildman–Crippen MR) is 83.8 cm³/mol. The molecule has 0 bridgehead atoms. The molecule has 1 aliphatic heterocycles. The molecule has 2 N–H and O–H groups in total. The van der Waals surface area contributed by atoms with Gasteiger partial charge in [0, 0.05) is 19.1 Å². The lowest BCUT2D eigenvalue weighted by Crippen LogP contribution is -2.37. The van der Waals surface area contributed by atoms with Crippen LogP contribution in [0.1, 0.15) is 19.2 Å². The molecule has 1 atom stereocenters. The molecular formula is C14H21N5S. The quantitative estimate of drug-likeness (QED) is 0.914.